The third-order valence-electron chi connectivity index (χ3n) is 1.91. The molecule has 0 saturated heterocycles. The molecule has 0 spiro atoms. The predicted molar refractivity (Wildman–Crippen MR) is 64.1 cm³/mol. The number of nitrogens with two attached hydrogens (primary N) is 1. The molecule has 1 aromatic heterocycles. The van der Waals surface area contributed by atoms with E-state index in [0.29, 0.717) is 5.82 Å². The molecule has 80 valence electrons. The monoisotopic (exact) mass is 203 g/mol. The molecule has 0 amide bonds. The third-order valence-corrected chi connectivity index (χ3v) is 1.91. The molecule has 1 aromatic carbocycles. The van der Waals surface area contributed by atoms with Crippen molar-refractivity contribution >= 4 is 5.82 Å². The Morgan fingerprint density at radius 2 is 1.67 bits per heavy atom. The van der Waals surface area contributed by atoms with Gasteiger partial charge < -0.3 is 5.73 Å². The molecule has 0 aliphatic rings. The van der Waals surface area contributed by atoms with Crippen molar-refractivity contribution in [3.05, 3.63) is 42.1 Å². The number of rotatable bonds is 1. The topological polar surface area (TPSA) is 43.8 Å². The number of nitrogen functional groups attached to an aromatic ring is 1. The molecule has 0 radical (unpaired) electrons. The second kappa shape index (κ2) is 5.20. The molecule has 0 bridgehead atoms. The Kier molecular flexibility index (Phi) is 3.92. The first-order valence-corrected chi connectivity index (χ1v) is 5.14. The molecular weight excluding hydrogens is 186 g/mol. The molecule has 2 rings (SSSR count). The number of aromatic nitrogens is 2. The maximum Gasteiger partial charge on any atom is 0.145 e. The Labute approximate surface area is 90.5 Å². The Bertz CT molecular complexity index is 401. The average molecular weight is 203 g/mol. The highest BCUT2D eigenvalue weighted by atomic mass is 15.3. The van der Waals surface area contributed by atoms with Crippen LogP contribution in [0.1, 0.15) is 19.4 Å². The van der Waals surface area contributed by atoms with Gasteiger partial charge in [-0.05, 0) is 19.1 Å². The van der Waals surface area contributed by atoms with Gasteiger partial charge in [-0.3, -0.25) is 0 Å². The van der Waals surface area contributed by atoms with Crippen LogP contribution >= 0.6 is 0 Å². The lowest BCUT2D eigenvalue weighted by Gasteiger charge is -2.00. The van der Waals surface area contributed by atoms with E-state index in [1.807, 2.05) is 44.3 Å². The van der Waals surface area contributed by atoms with E-state index in [1.54, 1.807) is 10.7 Å². The Hall–Kier alpha value is -1.77. The summed E-state index contributed by atoms with van der Waals surface area (Å²) < 4.78 is 1.76. The van der Waals surface area contributed by atoms with Gasteiger partial charge in [-0.2, -0.15) is 5.10 Å². The first-order valence-electron chi connectivity index (χ1n) is 5.14. The number of hydrogen-bond acceptors (Lipinski definition) is 2. The fourth-order valence-electron chi connectivity index (χ4n) is 1.18. The van der Waals surface area contributed by atoms with Gasteiger partial charge in [-0.1, -0.05) is 31.5 Å². The van der Waals surface area contributed by atoms with Crippen LogP contribution in [0.15, 0.2) is 36.5 Å². The summed E-state index contributed by atoms with van der Waals surface area (Å²) in [6.07, 6.45) is 1.85. The predicted octanol–water partition coefficient (Wildman–Crippen LogP) is 2.79. The smallest absolute Gasteiger partial charge is 0.145 e. The van der Waals surface area contributed by atoms with E-state index in [-0.39, 0.29) is 0 Å². The van der Waals surface area contributed by atoms with E-state index in [0.717, 1.165) is 5.69 Å². The van der Waals surface area contributed by atoms with Crippen LogP contribution in [0.2, 0.25) is 0 Å². The molecule has 1 heterocycles. The average Bonchev–Trinajstić information content (AvgIpc) is 2.69. The third kappa shape index (κ3) is 2.84. The van der Waals surface area contributed by atoms with Crippen LogP contribution in [0.4, 0.5) is 5.82 Å². The normalized spacial score (nSPS) is 9.27. The van der Waals surface area contributed by atoms with Gasteiger partial charge in [0.25, 0.3) is 0 Å². The largest absolute Gasteiger partial charge is 0.382 e. The SMILES string of the molecule is CC.Cc1ccc(-n2ccc(N)n2)cc1. The van der Waals surface area contributed by atoms with Crippen molar-refractivity contribution in [2.45, 2.75) is 20.8 Å². The van der Waals surface area contributed by atoms with Crippen LogP contribution in [0, 0.1) is 6.92 Å². The Balaban J connectivity index is 0.000000531. The maximum absolute atomic E-state index is 5.51. The second-order valence-electron chi connectivity index (χ2n) is 3.02. The standard InChI is InChI=1S/C10H11N3.C2H6/c1-8-2-4-9(5-3-8)13-7-6-10(11)12-13;1-2/h2-7H,1H3,(H2,11,12);1-2H3. The van der Waals surface area contributed by atoms with Crippen molar-refractivity contribution < 1.29 is 0 Å². The van der Waals surface area contributed by atoms with Crippen LogP contribution in [0.5, 0.6) is 0 Å². The van der Waals surface area contributed by atoms with Crippen molar-refractivity contribution in [2.75, 3.05) is 5.73 Å². The van der Waals surface area contributed by atoms with Gasteiger partial charge in [0.15, 0.2) is 0 Å². The van der Waals surface area contributed by atoms with Crippen LogP contribution in [0.25, 0.3) is 5.69 Å². The molecule has 0 aliphatic carbocycles. The molecule has 0 aliphatic heterocycles. The zero-order valence-electron chi connectivity index (χ0n) is 9.44. The molecule has 3 heteroatoms. The highest BCUT2D eigenvalue weighted by Gasteiger charge is 1.96. The lowest BCUT2D eigenvalue weighted by atomic mass is 10.2. The molecule has 0 atom stereocenters. The highest BCUT2D eigenvalue weighted by Crippen LogP contribution is 2.09. The van der Waals surface area contributed by atoms with E-state index in [2.05, 4.69) is 12.0 Å². The van der Waals surface area contributed by atoms with Gasteiger partial charge in [0.05, 0.1) is 5.69 Å². The molecule has 3 nitrogen and oxygen atoms in total. The minimum absolute atomic E-state index is 0.542. The number of benzene rings is 1. The maximum atomic E-state index is 5.51. The number of hydrogen-bond donors (Lipinski definition) is 1. The molecular formula is C12H17N3. The fourth-order valence-corrected chi connectivity index (χ4v) is 1.18. The summed E-state index contributed by atoms with van der Waals surface area (Å²) in [5.74, 6) is 0.542. The van der Waals surface area contributed by atoms with E-state index in [4.69, 9.17) is 5.73 Å². The van der Waals surface area contributed by atoms with Gasteiger partial charge in [-0.15, -0.1) is 0 Å². The zero-order chi connectivity index (χ0) is 11.3. The minimum Gasteiger partial charge on any atom is -0.382 e. The van der Waals surface area contributed by atoms with Gasteiger partial charge in [0.1, 0.15) is 5.82 Å². The van der Waals surface area contributed by atoms with E-state index in [1.165, 1.54) is 5.56 Å². The lowest BCUT2D eigenvalue weighted by molar-refractivity contribution is 0.885. The molecule has 0 saturated carbocycles. The summed E-state index contributed by atoms with van der Waals surface area (Å²) >= 11 is 0. The van der Waals surface area contributed by atoms with Crippen LogP contribution in [0.3, 0.4) is 0 Å². The number of aryl methyl sites for hydroxylation is 1. The van der Waals surface area contributed by atoms with Gasteiger partial charge in [0, 0.05) is 12.3 Å². The quantitative estimate of drug-likeness (QED) is 0.774. The molecule has 0 fully saturated rings. The zero-order valence-corrected chi connectivity index (χ0v) is 9.44. The van der Waals surface area contributed by atoms with Crippen molar-refractivity contribution in [3.63, 3.8) is 0 Å². The van der Waals surface area contributed by atoms with E-state index in [9.17, 15) is 0 Å². The minimum atomic E-state index is 0.542. The van der Waals surface area contributed by atoms with Gasteiger partial charge >= 0.3 is 0 Å². The summed E-state index contributed by atoms with van der Waals surface area (Å²) in [5.41, 5.74) is 7.78. The van der Waals surface area contributed by atoms with Crippen molar-refractivity contribution in [1.82, 2.24) is 9.78 Å². The first-order chi connectivity index (χ1) is 7.25. The van der Waals surface area contributed by atoms with Crippen molar-refractivity contribution in [3.8, 4) is 5.69 Å². The summed E-state index contributed by atoms with van der Waals surface area (Å²) in [6.45, 7) is 6.06. The van der Waals surface area contributed by atoms with Crippen LogP contribution in [-0.4, -0.2) is 9.78 Å². The lowest BCUT2D eigenvalue weighted by Crippen LogP contribution is -1.95. The van der Waals surface area contributed by atoms with Crippen molar-refractivity contribution in [1.29, 1.82) is 0 Å². The summed E-state index contributed by atoms with van der Waals surface area (Å²) in [4.78, 5) is 0. The van der Waals surface area contributed by atoms with Gasteiger partial charge in [-0.25, -0.2) is 4.68 Å². The van der Waals surface area contributed by atoms with Crippen LogP contribution in [-0.2, 0) is 0 Å². The Morgan fingerprint density at radius 3 is 2.13 bits per heavy atom. The summed E-state index contributed by atoms with van der Waals surface area (Å²) in [7, 11) is 0. The number of nitrogens with zero attached hydrogens (tertiary/aromatic N) is 2. The molecule has 0 unspecified atom stereocenters. The van der Waals surface area contributed by atoms with Crippen molar-refractivity contribution in [2.24, 2.45) is 0 Å². The number of anilines is 1. The fraction of sp³-hybridized carbons (Fsp3) is 0.250. The molecule has 2 N–H and O–H groups in total. The molecule has 15 heavy (non-hydrogen) atoms. The second-order valence-corrected chi connectivity index (χ2v) is 3.02. The summed E-state index contributed by atoms with van der Waals surface area (Å²) in [5, 5.41) is 4.11. The highest BCUT2D eigenvalue weighted by molar-refractivity contribution is 5.36. The Morgan fingerprint density at radius 1 is 1.07 bits per heavy atom. The first kappa shape index (κ1) is 11.3. The summed E-state index contributed by atoms with van der Waals surface area (Å²) in [6, 6.07) is 9.91. The van der Waals surface area contributed by atoms with Crippen LogP contribution < -0.4 is 5.73 Å². The molecule has 2 aromatic rings. The van der Waals surface area contributed by atoms with Gasteiger partial charge in [0.2, 0.25) is 0 Å². The van der Waals surface area contributed by atoms with E-state index >= 15 is 0 Å². The van der Waals surface area contributed by atoms with E-state index < -0.39 is 0 Å².